The largest absolute Gasteiger partial charge is 0.468 e. The van der Waals surface area contributed by atoms with Crippen molar-refractivity contribution in [1.29, 1.82) is 0 Å². The number of ether oxygens (including phenoxy) is 1. The maximum atomic E-state index is 11.9. The number of carbonyl (C=O) groups is 2. The van der Waals surface area contributed by atoms with Gasteiger partial charge in [0.1, 0.15) is 6.54 Å². The van der Waals surface area contributed by atoms with E-state index in [4.69, 9.17) is 0 Å². The molecule has 1 heterocycles. The van der Waals surface area contributed by atoms with Crippen molar-refractivity contribution in [1.82, 2.24) is 5.32 Å². The molecule has 1 aliphatic rings. The molecule has 1 aromatic carbocycles. The second-order valence-corrected chi connectivity index (χ2v) is 4.89. The van der Waals surface area contributed by atoms with Crippen molar-refractivity contribution in [3.8, 4) is 0 Å². The van der Waals surface area contributed by atoms with Crippen molar-refractivity contribution in [2.75, 3.05) is 31.6 Å². The average molecular weight is 276 g/mol. The van der Waals surface area contributed by atoms with Crippen LogP contribution in [0.25, 0.3) is 0 Å². The molecule has 0 atom stereocenters. The Bertz CT molecular complexity index is 453. The number of hydrogen-bond acceptors (Lipinski definition) is 4. The summed E-state index contributed by atoms with van der Waals surface area (Å²) >= 11 is 0. The SMILES string of the molecule is COC(=O)CNC(=O)C1CCN(c2ccccc2)CC1. The van der Waals surface area contributed by atoms with E-state index in [2.05, 4.69) is 27.1 Å². The summed E-state index contributed by atoms with van der Waals surface area (Å²) in [5.41, 5.74) is 1.20. The number of methoxy groups -OCH3 is 1. The van der Waals surface area contributed by atoms with Crippen molar-refractivity contribution >= 4 is 17.6 Å². The summed E-state index contributed by atoms with van der Waals surface area (Å²) < 4.78 is 4.50. The second kappa shape index (κ2) is 6.93. The van der Waals surface area contributed by atoms with Crippen molar-refractivity contribution in [3.05, 3.63) is 30.3 Å². The lowest BCUT2D eigenvalue weighted by Crippen LogP contribution is -2.42. The van der Waals surface area contributed by atoms with Crippen LogP contribution in [0.5, 0.6) is 0 Å². The average Bonchev–Trinajstić information content (AvgIpc) is 2.53. The van der Waals surface area contributed by atoms with Gasteiger partial charge in [0, 0.05) is 24.7 Å². The first kappa shape index (κ1) is 14.4. The molecule has 2 rings (SSSR count). The summed E-state index contributed by atoms with van der Waals surface area (Å²) in [6.07, 6.45) is 1.61. The van der Waals surface area contributed by atoms with E-state index in [1.54, 1.807) is 0 Å². The Morgan fingerprint density at radius 2 is 1.90 bits per heavy atom. The van der Waals surface area contributed by atoms with Crippen LogP contribution in [0, 0.1) is 5.92 Å². The standard InChI is InChI=1S/C15H20N2O3/c1-20-14(18)11-16-15(19)12-7-9-17(10-8-12)13-5-3-2-4-6-13/h2-6,12H,7-11H2,1H3,(H,16,19). The highest BCUT2D eigenvalue weighted by atomic mass is 16.5. The van der Waals surface area contributed by atoms with Gasteiger partial charge in [-0.05, 0) is 25.0 Å². The minimum Gasteiger partial charge on any atom is -0.468 e. The molecule has 0 saturated carbocycles. The lowest BCUT2D eigenvalue weighted by atomic mass is 9.95. The maximum Gasteiger partial charge on any atom is 0.325 e. The molecule has 1 N–H and O–H groups in total. The molecule has 5 nitrogen and oxygen atoms in total. The van der Waals surface area contributed by atoms with Crippen LogP contribution in [0.2, 0.25) is 0 Å². The molecule has 0 aliphatic carbocycles. The van der Waals surface area contributed by atoms with Gasteiger partial charge in [-0.1, -0.05) is 18.2 Å². The fourth-order valence-electron chi connectivity index (χ4n) is 2.41. The number of anilines is 1. The van der Waals surface area contributed by atoms with Crippen LogP contribution in [0.3, 0.4) is 0 Å². The summed E-state index contributed by atoms with van der Waals surface area (Å²) in [6.45, 7) is 1.68. The Balaban J connectivity index is 1.79. The van der Waals surface area contributed by atoms with E-state index in [1.165, 1.54) is 12.8 Å². The topological polar surface area (TPSA) is 58.6 Å². The number of rotatable bonds is 4. The van der Waals surface area contributed by atoms with Gasteiger partial charge < -0.3 is 15.0 Å². The Kier molecular flexibility index (Phi) is 4.98. The molecule has 0 radical (unpaired) electrons. The molecule has 108 valence electrons. The molecule has 0 aromatic heterocycles. The zero-order chi connectivity index (χ0) is 14.4. The molecule has 0 bridgehead atoms. The third-order valence-electron chi connectivity index (χ3n) is 3.62. The van der Waals surface area contributed by atoms with E-state index < -0.39 is 5.97 Å². The molecule has 20 heavy (non-hydrogen) atoms. The predicted octanol–water partition coefficient (Wildman–Crippen LogP) is 1.19. The van der Waals surface area contributed by atoms with Crippen LogP contribution >= 0.6 is 0 Å². The molecule has 1 aromatic rings. The van der Waals surface area contributed by atoms with Gasteiger partial charge in [0.15, 0.2) is 0 Å². The van der Waals surface area contributed by atoms with Crippen LogP contribution in [-0.2, 0) is 14.3 Å². The quantitative estimate of drug-likeness (QED) is 0.839. The Morgan fingerprint density at radius 3 is 2.50 bits per heavy atom. The zero-order valence-corrected chi connectivity index (χ0v) is 11.7. The normalized spacial score (nSPS) is 15.8. The fraction of sp³-hybridized carbons (Fsp3) is 0.467. The highest BCUT2D eigenvalue weighted by molar-refractivity contribution is 5.83. The molecule has 1 aliphatic heterocycles. The van der Waals surface area contributed by atoms with Crippen LogP contribution < -0.4 is 10.2 Å². The van der Waals surface area contributed by atoms with E-state index >= 15 is 0 Å². The van der Waals surface area contributed by atoms with Crippen LogP contribution in [0.1, 0.15) is 12.8 Å². The van der Waals surface area contributed by atoms with E-state index in [0.29, 0.717) is 0 Å². The van der Waals surface area contributed by atoms with Crippen LogP contribution in [0.15, 0.2) is 30.3 Å². The fourth-order valence-corrected chi connectivity index (χ4v) is 2.41. The van der Waals surface area contributed by atoms with E-state index in [0.717, 1.165) is 25.9 Å². The number of carbonyl (C=O) groups excluding carboxylic acids is 2. The second-order valence-electron chi connectivity index (χ2n) is 4.89. The highest BCUT2D eigenvalue weighted by Crippen LogP contribution is 2.22. The van der Waals surface area contributed by atoms with Gasteiger partial charge in [-0.3, -0.25) is 9.59 Å². The van der Waals surface area contributed by atoms with Crippen molar-refractivity contribution in [3.63, 3.8) is 0 Å². The van der Waals surface area contributed by atoms with Crippen LogP contribution in [0.4, 0.5) is 5.69 Å². The highest BCUT2D eigenvalue weighted by Gasteiger charge is 2.25. The van der Waals surface area contributed by atoms with Gasteiger partial charge >= 0.3 is 5.97 Å². The van der Waals surface area contributed by atoms with Gasteiger partial charge in [0.05, 0.1) is 7.11 Å². The number of piperidine rings is 1. The number of esters is 1. The monoisotopic (exact) mass is 276 g/mol. The third-order valence-corrected chi connectivity index (χ3v) is 3.62. The summed E-state index contributed by atoms with van der Waals surface area (Å²) in [7, 11) is 1.31. The van der Waals surface area contributed by atoms with E-state index in [1.807, 2.05) is 18.2 Å². The van der Waals surface area contributed by atoms with Crippen LogP contribution in [-0.4, -0.2) is 38.6 Å². The third kappa shape index (κ3) is 3.73. The minimum absolute atomic E-state index is 0.0142. The van der Waals surface area contributed by atoms with E-state index in [9.17, 15) is 9.59 Å². The lowest BCUT2D eigenvalue weighted by Gasteiger charge is -2.32. The van der Waals surface area contributed by atoms with Gasteiger partial charge in [-0.2, -0.15) is 0 Å². The number of nitrogens with one attached hydrogen (secondary N) is 1. The number of hydrogen-bond donors (Lipinski definition) is 1. The number of benzene rings is 1. The van der Waals surface area contributed by atoms with E-state index in [-0.39, 0.29) is 18.4 Å². The summed E-state index contributed by atoms with van der Waals surface area (Å²) in [4.78, 5) is 25.2. The van der Waals surface area contributed by atoms with Gasteiger partial charge in [-0.25, -0.2) is 0 Å². The Hall–Kier alpha value is -2.04. The van der Waals surface area contributed by atoms with Crippen molar-refractivity contribution in [2.24, 2.45) is 5.92 Å². The molecular weight excluding hydrogens is 256 g/mol. The molecule has 0 spiro atoms. The first-order valence-electron chi connectivity index (χ1n) is 6.85. The first-order valence-corrected chi connectivity index (χ1v) is 6.85. The van der Waals surface area contributed by atoms with Gasteiger partial charge in [0.2, 0.25) is 5.91 Å². The summed E-state index contributed by atoms with van der Waals surface area (Å²) in [5, 5.41) is 2.63. The van der Waals surface area contributed by atoms with Crippen molar-refractivity contribution < 1.29 is 14.3 Å². The number of nitrogens with zero attached hydrogens (tertiary/aromatic N) is 1. The smallest absolute Gasteiger partial charge is 0.325 e. The Labute approximate surface area is 118 Å². The molecule has 5 heteroatoms. The van der Waals surface area contributed by atoms with Gasteiger partial charge in [-0.15, -0.1) is 0 Å². The minimum atomic E-state index is -0.417. The lowest BCUT2D eigenvalue weighted by molar-refractivity contribution is -0.141. The first-order chi connectivity index (χ1) is 9.70. The predicted molar refractivity (Wildman–Crippen MR) is 76.4 cm³/mol. The summed E-state index contributed by atoms with van der Waals surface area (Å²) in [6, 6.07) is 10.2. The van der Waals surface area contributed by atoms with Gasteiger partial charge in [0.25, 0.3) is 0 Å². The van der Waals surface area contributed by atoms with Crippen molar-refractivity contribution in [2.45, 2.75) is 12.8 Å². The molecule has 1 amide bonds. The maximum absolute atomic E-state index is 11.9. The number of amides is 1. The zero-order valence-electron chi connectivity index (χ0n) is 11.7. The molecule has 1 saturated heterocycles. The molecule has 0 unspecified atom stereocenters. The molecular formula is C15H20N2O3. The molecule has 1 fully saturated rings. The Morgan fingerprint density at radius 1 is 1.25 bits per heavy atom. The number of para-hydroxylation sites is 1. The summed E-state index contributed by atoms with van der Waals surface area (Å²) in [5.74, 6) is -0.484.